The van der Waals surface area contributed by atoms with Crippen molar-refractivity contribution < 1.29 is 18.8 Å². The number of carbonyl (C=O) groups is 1. The standard InChI is InChI=1S/C20H28BNO4/c1-13-9-10-15-14(11-12-22(15)17(23)24-18(2,3)4)16(13)21-25-19(5,6)20(7,8)26-21/h9-12H,1-8H3. The number of aromatic nitrogens is 1. The van der Waals surface area contributed by atoms with Gasteiger partial charge in [0, 0.05) is 11.6 Å². The maximum absolute atomic E-state index is 12.5. The molecule has 0 N–H and O–H groups in total. The summed E-state index contributed by atoms with van der Waals surface area (Å²) in [5, 5.41) is 0.939. The van der Waals surface area contributed by atoms with Crippen molar-refractivity contribution in [2.75, 3.05) is 0 Å². The molecule has 1 aliphatic rings. The number of aryl methyl sites for hydroxylation is 1. The molecule has 2 aromatic rings. The van der Waals surface area contributed by atoms with Gasteiger partial charge >= 0.3 is 13.2 Å². The molecule has 26 heavy (non-hydrogen) atoms. The summed E-state index contributed by atoms with van der Waals surface area (Å²) >= 11 is 0. The van der Waals surface area contributed by atoms with Crippen molar-refractivity contribution in [3.05, 3.63) is 30.0 Å². The highest BCUT2D eigenvalue weighted by molar-refractivity contribution is 6.65. The van der Waals surface area contributed by atoms with E-state index < -0.39 is 30.0 Å². The van der Waals surface area contributed by atoms with Crippen molar-refractivity contribution in [1.29, 1.82) is 0 Å². The first-order valence-corrected chi connectivity index (χ1v) is 9.02. The van der Waals surface area contributed by atoms with E-state index in [-0.39, 0.29) is 0 Å². The molecular weight excluding hydrogens is 329 g/mol. The number of carbonyl (C=O) groups excluding carboxylic acids is 1. The first-order chi connectivity index (χ1) is 11.8. The van der Waals surface area contributed by atoms with Crippen molar-refractivity contribution in [3.8, 4) is 0 Å². The van der Waals surface area contributed by atoms with E-state index in [9.17, 15) is 4.79 Å². The molecule has 0 unspecified atom stereocenters. The Labute approximate surface area is 155 Å². The van der Waals surface area contributed by atoms with Crippen LogP contribution in [0.2, 0.25) is 0 Å². The zero-order valence-electron chi connectivity index (χ0n) is 17.0. The Morgan fingerprint density at radius 2 is 1.65 bits per heavy atom. The molecule has 1 aromatic heterocycles. The Morgan fingerprint density at radius 1 is 1.08 bits per heavy atom. The van der Waals surface area contributed by atoms with Gasteiger partial charge in [0.05, 0.1) is 16.7 Å². The van der Waals surface area contributed by atoms with Crippen LogP contribution < -0.4 is 5.46 Å². The molecule has 140 valence electrons. The summed E-state index contributed by atoms with van der Waals surface area (Å²) in [7, 11) is -0.474. The number of fused-ring (bicyclic) bond motifs is 1. The summed E-state index contributed by atoms with van der Waals surface area (Å²) in [5.74, 6) is 0. The highest BCUT2D eigenvalue weighted by Gasteiger charge is 2.52. The van der Waals surface area contributed by atoms with Gasteiger partial charge in [0.2, 0.25) is 0 Å². The fourth-order valence-corrected chi connectivity index (χ4v) is 3.09. The van der Waals surface area contributed by atoms with Crippen LogP contribution >= 0.6 is 0 Å². The van der Waals surface area contributed by atoms with Gasteiger partial charge in [0.1, 0.15) is 5.60 Å². The van der Waals surface area contributed by atoms with E-state index in [0.717, 1.165) is 21.9 Å². The minimum Gasteiger partial charge on any atom is -0.443 e. The molecule has 6 heteroatoms. The molecule has 0 spiro atoms. The second-order valence-electron chi connectivity index (χ2n) is 8.98. The number of nitrogens with zero attached hydrogens (tertiary/aromatic N) is 1. The Morgan fingerprint density at radius 3 is 2.19 bits per heavy atom. The van der Waals surface area contributed by atoms with Crippen LogP contribution in [0.4, 0.5) is 4.79 Å². The summed E-state index contributed by atoms with van der Waals surface area (Å²) < 4.78 is 19.5. The minimum atomic E-state index is -0.549. The molecule has 0 bridgehead atoms. The van der Waals surface area contributed by atoms with Crippen molar-refractivity contribution in [2.45, 2.75) is 72.2 Å². The van der Waals surface area contributed by atoms with Crippen molar-refractivity contribution in [3.63, 3.8) is 0 Å². The number of hydrogen-bond acceptors (Lipinski definition) is 4. The predicted molar refractivity (Wildman–Crippen MR) is 104 cm³/mol. The molecule has 0 atom stereocenters. The maximum atomic E-state index is 12.5. The van der Waals surface area contributed by atoms with Crippen molar-refractivity contribution >= 4 is 29.6 Å². The molecule has 0 aliphatic carbocycles. The van der Waals surface area contributed by atoms with Crippen LogP contribution in [0.1, 0.15) is 54.0 Å². The summed E-state index contributed by atoms with van der Waals surface area (Å²) in [6.45, 7) is 15.7. The molecule has 1 aromatic carbocycles. The van der Waals surface area contributed by atoms with E-state index in [1.54, 1.807) is 6.20 Å². The second kappa shape index (κ2) is 5.86. The predicted octanol–water partition coefficient (Wildman–Crippen LogP) is 4.03. The molecule has 2 heterocycles. The third-order valence-corrected chi connectivity index (χ3v) is 5.21. The Hall–Kier alpha value is -1.79. The van der Waals surface area contributed by atoms with Gasteiger partial charge in [-0.1, -0.05) is 11.6 Å². The van der Waals surface area contributed by atoms with E-state index in [1.165, 1.54) is 4.57 Å². The third kappa shape index (κ3) is 3.16. The smallest absolute Gasteiger partial charge is 0.443 e. The number of hydrogen-bond donors (Lipinski definition) is 0. The van der Waals surface area contributed by atoms with E-state index in [0.29, 0.717) is 0 Å². The SMILES string of the molecule is Cc1ccc2c(ccn2C(=O)OC(C)(C)C)c1B1OC(C)(C)C(C)(C)O1. The zero-order valence-corrected chi connectivity index (χ0v) is 17.0. The quantitative estimate of drug-likeness (QED) is 0.723. The van der Waals surface area contributed by atoms with Crippen LogP contribution in [0.5, 0.6) is 0 Å². The molecular formula is C20H28BNO4. The summed E-state index contributed by atoms with van der Waals surface area (Å²) in [6.07, 6.45) is 1.35. The number of benzene rings is 1. The summed E-state index contributed by atoms with van der Waals surface area (Å²) in [6, 6.07) is 5.85. The molecule has 5 nitrogen and oxygen atoms in total. The number of ether oxygens (including phenoxy) is 1. The largest absolute Gasteiger partial charge is 0.495 e. The average Bonchev–Trinajstić information content (AvgIpc) is 2.95. The van der Waals surface area contributed by atoms with Gasteiger partial charge in [-0.25, -0.2) is 4.79 Å². The lowest BCUT2D eigenvalue weighted by atomic mass is 9.74. The highest BCUT2D eigenvalue weighted by Crippen LogP contribution is 2.37. The first kappa shape index (κ1) is 19.0. The van der Waals surface area contributed by atoms with E-state index in [2.05, 4.69) is 0 Å². The van der Waals surface area contributed by atoms with Crippen LogP contribution in [0.3, 0.4) is 0 Å². The number of rotatable bonds is 1. The lowest BCUT2D eigenvalue weighted by Crippen LogP contribution is -2.41. The van der Waals surface area contributed by atoms with Crippen molar-refractivity contribution in [1.82, 2.24) is 4.57 Å². The molecule has 1 aliphatic heterocycles. The molecule has 0 radical (unpaired) electrons. The van der Waals surface area contributed by atoms with Gasteiger partial charge in [-0.2, -0.15) is 0 Å². The van der Waals surface area contributed by atoms with E-state index >= 15 is 0 Å². The van der Waals surface area contributed by atoms with Gasteiger partial charge in [-0.3, -0.25) is 4.57 Å². The average molecular weight is 357 g/mol. The Kier molecular flexibility index (Phi) is 4.28. The molecule has 1 saturated heterocycles. The fourth-order valence-electron chi connectivity index (χ4n) is 3.09. The van der Waals surface area contributed by atoms with Gasteiger partial charge in [0.15, 0.2) is 0 Å². The Bertz CT molecular complexity index is 845. The van der Waals surface area contributed by atoms with Crippen LogP contribution in [0.25, 0.3) is 10.9 Å². The van der Waals surface area contributed by atoms with Crippen LogP contribution in [-0.2, 0) is 14.0 Å². The topological polar surface area (TPSA) is 49.7 Å². The maximum Gasteiger partial charge on any atom is 0.495 e. The van der Waals surface area contributed by atoms with Crippen molar-refractivity contribution in [2.24, 2.45) is 0 Å². The molecule has 0 amide bonds. The van der Waals surface area contributed by atoms with Gasteiger partial charge < -0.3 is 14.0 Å². The van der Waals surface area contributed by atoms with E-state index in [1.807, 2.05) is 73.6 Å². The van der Waals surface area contributed by atoms with Gasteiger partial charge in [-0.15, -0.1) is 0 Å². The normalized spacial score (nSPS) is 19.2. The molecule has 1 fully saturated rings. The first-order valence-electron chi connectivity index (χ1n) is 9.02. The lowest BCUT2D eigenvalue weighted by molar-refractivity contribution is 0.00578. The minimum absolute atomic E-state index is 0.392. The zero-order chi connectivity index (χ0) is 19.5. The monoisotopic (exact) mass is 357 g/mol. The Balaban J connectivity index is 2.06. The summed E-state index contributed by atoms with van der Waals surface area (Å²) in [4.78, 5) is 12.5. The molecule has 3 rings (SSSR count). The van der Waals surface area contributed by atoms with E-state index in [4.69, 9.17) is 14.0 Å². The van der Waals surface area contributed by atoms with Crippen LogP contribution in [0.15, 0.2) is 24.4 Å². The highest BCUT2D eigenvalue weighted by atomic mass is 16.7. The second-order valence-corrected chi connectivity index (χ2v) is 8.98. The third-order valence-electron chi connectivity index (χ3n) is 5.21. The van der Waals surface area contributed by atoms with Gasteiger partial charge in [0.25, 0.3) is 0 Å². The van der Waals surface area contributed by atoms with Crippen LogP contribution in [-0.4, -0.2) is 34.6 Å². The lowest BCUT2D eigenvalue weighted by Gasteiger charge is -2.32. The fraction of sp³-hybridized carbons (Fsp3) is 0.550. The summed E-state index contributed by atoms with van der Waals surface area (Å²) in [5.41, 5.74) is 1.43. The van der Waals surface area contributed by atoms with Gasteiger partial charge in [-0.05, 0) is 73.0 Å². The van der Waals surface area contributed by atoms with Crippen LogP contribution in [0, 0.1) is 6.92 Å². The molecule has 0 saturated carbocycles.